The van der Waals surface area contributed by atoms with Crippen LogP contribution in [0.1, 0.15) is 11.1 Å². The number of hydrogen-bond acceptors (Lipinski definition) is 6. The Bertz CT molecular complexity index is 553. The summed E-state index contributed by atoms with van der Waals surface area (Å²) in [4.78, 5) is 8.43. The third-order valence-corrected chi connectivity index (χ3v) is 2.87. The first-order valence-corrected chi connectivity index (χ1v) is 6.24. The standard InChI is InChI=1S/C14H18N4O2/c1-19-12-7-13(20-2)18-14(17-12)16-9-11-6-4-3-5-10(11)8-15/h3-7H,8-9,15H2,1-2H3,(H,16,17,18). The molecule has 6 heteroatoms. The summed E-state index contributed by atoms with van der Waals surface area (Å²) in [7, 11) is 3.10. The fraction of sp³-hybridized carbons (Fsp3) is 0.286. The summed E-state index contributed by atoms with van der Waals surface area (Å²) >= 11 is 0. The van der Waals surface area contributed by atoms with Gasteiger partial charge >= 0.3 is 0 Å². The van der Waals surface area contributed by atoms with Crippen molar-refractivity contribution in [3.63, 3.8) is 0 Å². The smallest absolute Gasteiger partial charge is 0.229 e. The van der Waals surface area contributed by atoms with Crippen LogP contribution in [0.25, 0.3) is 0 Å². The van der Waals surface area contributed by atoms with Crippen molar-refractivity contribution in [1.82, 2.24) is 9.97 Å². The normalized spacial score (nSPS) is 10.2. The van der Waals surface area contributed by atoms with Gasteiger partial charge in [0.05, 0.1) is 20.3 Å². The van der Waals surface area contributed by atoms with Gasteiger partial charge in [0.15, 0.2) is 0 Å². The quantitative estimate of drug-likeness (QED) is 0.832. The fourth-order valence-electron chi connectivity index (χ4n) is 1.80. The van der Waals surface area contributed by atoms with Gasteiger partial charge in [0.2, 0.25) is 17.7 Å². The summed E-state index contributed by atoms with van der Waals surface area (Å²) in [6, 6.07) is 9.59. The highest BCUT2D eigenvalue weighted by atomic mass is 16.5. The van der Waals surface area contributed by atoms with Crippen LogP contribution in [0.5, 0.6) is 11.8 Å². The summed E-state index contributed by atoms with van der Waals surface area (Å²) in [6.07, 6.45) is 0. The lowest BCUT2D eigenvalue weighted by atomic mass is 10.1. The van der Waals surface area contributed by atoms with Crippen molar-refractivity contribution in [3.05, 3.63) is 41.5 Å². The predicted octanol–water partition coefficient (Wildman–Crippen LogP) is 1.56. The zero-order valence-electron chi connectivity index (χ0n) is 11.6. The van der Waals surface area contributed by atoms with E-state index in [0.29, 0.717) is 30.8 Å². The third kappa shape index (κ3) is 3.36. The second-order valence-electron chi connectivity index (χ2n) is 4.10. The highest BCUT2D eigenvalue weighted by Gasteiger charge is 2.06. The Morgan fingerprint density at radius 2 is 1.65 bits per heavy atom. The number of hydrogen-bond donors (Lipinski definition) is 2. The fourth-order valence-corrected chi connectivity index (χ4v) is 1.80. The number of rotatable bonds is 6. The van der Waals surface area contributed by atoms with Crippen LogP contribution in [0, 0.1) is 0 Å². The number of nitrogens with two attached hydrogens (primary N) is 1. The molecule has 6 nitrogen and oxygen atoms in total. The predicted molar refractivity (Wildman–Crippen MR) is 76.8 cm³/mol. The number of nitrogens with zero attached hydrogens (tertiary/aromatic N) is 2. The van der Waals surface area contributed by atoms with Crippen molar-refractivity contribution in [3.8, 4) is 11.8 Å². The summed E-state index contributed by atoms with van der Waals surface area (Å²) < 4.78 is 10.2. The molecule has 20 heavy (non-hydrogen) atoms. The minimum atomic E-state index is 0.450. The van der Waals surface area contributed by atoms with E-state index in [-0.39, 0.29) is 0 Å². The van der Waals surface area contributed by atoms with Gasteiger partial charge in [0, 0.05) is 13.1 Å². The topological polar surface area (TPSA) is 82.3 Å². The molecule has 0 amide bonds. The first-order valence-electron chi connectivity index (χ1n) is 6.24. The van der Waals surface area contributed by atoms with Crippen LogP contribution in [0.4, 0.5) is 5.95 Å². The van der Waals surface area contributed by atoms with Crippen molar-refractivity contribution in [1.29, 1.82) is 0 Å². The molecule has 0 saturated carbocycles. The van der Waals surface area contributed by atoms with Crippen LogP contribution >= 0.6 is 0 Å². The molecule has 1 aromatic heterocycles. The number of ether oxygens (including phenoxy) is 2. The Balaban J connectivity index is 2.14. The molecule has 0 fully saturated rings. The number of anilines is 1. The van der Waals surface area contributed by atoms with E-state index in [0.717, 1.165) is 11.1 Å². The van der Waals surface area contributed by atoms with Crippen molar-refractivity contribution in [2.45, 2.75) is 13.1 Å². The van der Waals surface area contributed by atoms with Gasteiger partial charge in [-0.3, -0.25) is 0 Å². The van der Waals surface area contributed by atoms with E-state index in [4.69, 9.17) is 15.2 Å². The Morgan fingerprint density at radius 1 is 1.05 bits per heavy atom. The minimum Gasteiger partial charge on any atom is -0.481 e. The first kappa shape index (κ1) is 14.1. The monoisotopic (exact) mass is 274 g/mol. The lowest BCUT2D eigenvalue weighted by molar-refractivity contribution is 0.373. The zero-order chi connectivity index (χ0) is 14.4. The highest BCUT2D eigenvalue weighted by Crippen LogP contribution is 2.18. The van der Waals surface area contributed by atoms with E-state index < -0.39 is 0 Å². The van der Waals surface area contributed by atoms with Gasteiger partial charge in [-0.25, -0.2) is 0 Å². The SMILES string of the molecule is COc1cc(OC)nc(NCc2ccccc2CN)n1. The molecule has 1 heterocycles. The van der Waals surface area contributed by atoms with Crippen LogP contribution in [0.3, 0.4) is 0 Å². The van der Waals surface area contributed by atoms with Crippen molar-refractivity contribution >= 4 is 5.95 Å². The van der Waals surface area contributed by atoms with Gasteiger partial charge in [0.25, 0.3) is 0 Å². The average molecular weight is 274 g/mol. The molecule has 0 unspecified atom stereocenters. The Labute approximate surface area is 118 Å². The van der Waals surface area contributed by atoms with Crippen LogP contribution in [-0.2, 0) is 13.1 Å². The maximum Gasteiger partial charge on any atom is 0.229 e. The molecule has 0 aliphatic carbocycles. The van der Waals surface area contributed by atoms with Crippen LogP contribution in [0.15, 0.2) is 30.3 Å². The minimum absolute atomic E-state index is 0.450. The van der Waals surface area contributed by atoms with Gasteiger partial charge < -0.3 is 20.5 Å². The Kier molecular flexibility index (Phi) is 4.73. The van der Waals surface area contributed by atoms with E-state index in [1.807, 2.05) is 24.3 Å². The maximum absolute atomic E-state index is 5.71. The molecule has 0 bridgehead atoms. The number of benzene rings is 1. The van der Waals surface area contributed by atoms with Crippen molar-refractivity contribution < 1.29 is 9.47 Å². The van der Waals surface area contributed by atoms with Gasteiger partial charge in [0.1, 0.15) is 0 Å². The number of nitrogens with one attached hydrogen (secondary N) is 1. The molecular formula is C14H18N4O2. The highest BCUT2D eigenvalue weighted by molar-refractivity contribution is 5.36. The summed E-state index contributed by atoms with van der Waals surface area (Å²) in [5.74, 6) is 1.35. The Morgan fingerprint density at radius 3 is 2.20 bits per heavy atom. The molecule has 3 N–H and O–H groups in total. The molecule has 2 aromatic rings. The molecule has 0 aliphatic heterocycles. The molecule has 2 rings (SSSR count). The van der Waals surface area contributed by atoms with E-state index in [1.54, 1.807) is 20.3 Å². The van der Waals surface area contributed by atoms with Gasteiger partial charge in [-0.2, -0.15) is 9.97 Å². The lowest BCUT2D eigenvalue weighted by Gasteiger charge is -2.10. The van der Waals surface area contributed by atoms with Gasteiger partial charge in [-0.1, -0.05) is 24.3 Å². The molecule has 0 radical (unpaired) electrons. The van der Waals surface area contributed by atoms with Crippen LogP contribution in [0.2, 0.25) is 0 Å². The largest absolute Gasteiger partial charge is 0.481 e. The summed E-state index contributed by atoms with van der Waals surface area (Å²) in [5, 5.41) is 3.15. The van der Waals surface area contributed by atoms with Gasteiger partial charge in [-0.15, -0.1) is 0 Å². The lowest BCUT2D eigenvalue weighted by Crippen LogP contribution is -2.09. The van der Waals surface area contributed by atoms with Crippen LogP contribution in [-0.4, -0.2) is 24.2 Å². The first-order chi connectivity index (χ1) is 9.76. The second-order valence-corrected chi connectivity index (χ2v) is 4.10. The van der Waals surface area contributed by atoms with E-state index >= 15 is 0 Å². The van der Waals surface area contributed by atoms with E-state index in [2.05, 4.69) is 15.3 Å². The zero-order valence-corrected chi connectivity index (χ0v) is 11.6. The van der Waals surface area contributed by atoms with E-state index in [9.17, 15) is 0 Å². The second kappa shape index (κ2) is 6.72. The molecule has 0 aliphatic rings. The average Bonchev–Trinajstić information content (AvgIpc) is 2.52. The molecule has 106 valence electrons. The van der Waals surface area contributed by atoms with Crippen LogP contribution < -0.4 is 20.5 Å². The molecule has 0 spiro atoms. The summed E-state index contributed by atoms with van der Waals surface area (Å²) in [6.45, 7) is 1.09. The third-order valence-electron chi connectivity index (χ3n) is 2.87. The number of aromatic nitrogens is 2. The molecule has 1 aromatic carbocycles. The van der Waals surface area contributed by atoms with E-state index in [1.165, 1.54) is 0 Å². The molecule has 0 atom stereocenters. The Hall–Kier alpha value is -2.34. The van der Waals surface area contributed by atoms with Gasteiger partial charge in [-0.05, 0) is 11.1 Å². The molecular weight excluding hydrogens is 256 g/mol. The summed E-state index contributed by atoms with van der Waals surface area (Å²) in [5.41, 5.74) is 7.92. The van der Waals surface area contributed by atoms with Crippen molar-refractivity contribution in [2.75, 3.05) is 19.5 Å². The van der Waals surface area contributed by atoms with Crippen molar-refractivity contribution in [2.24, 2.45) is 5.73 Å². The molecule has 0 saturated heterocycles. The number of methoxy groups -OCH3 is 2. The maximum atomic E-state index is 5.71.